The molecule has 2 N–H and O–H groups in total. The normalized spacial score (nSPS) is 18.6. The molecular weight excluding hydrogens is 334 g/mol. The third-order valence-electron chi connectivity index (χ3n) is 5.43. The summed E-state index contributed by atoms with van der Waals surface area (Å²) in [4.78, 5) is 2.54. The number of rotatable bonds is 6. The van der Waals surface area contributed by atoms with Crippen LogP contribution < -0.4 is 23.0 Å². The van der Waals surface area contributed by atoms with Crippen LogP contribution in [0.25, 0.3) is 0 Å². The fourth-order valence-electron chi connectivity index (χ4n) is 3.60. The van der Waals surface area contributed by atoms with Crippen molar-refractivity contribution >= 4 is 19.4 Å². The maximum absolute atomic E-state index is 5.96. The molecule has 0 radical (unpaired) electrons. The van der Waals surface area contributed by atoms with Crippen LogP contribution in [0.5, 0.6) is 0 Å². The van der Waals surface area contributed by atoms with E-state index < -0.39 is 8.07 Å². The van der Waals surface area contributed by atoms with E-state index in [9.17, 15) is 0 Å². The van der Waals surface area contributed by atoms with E-state index in [4.69, 9.17) is 5.73 Å². The predicted molar refractivity (Wildman–Crippen MR) is 106 cm³/mol. The van der Waals surface area contributed by atoms with Gasteiger partial charge in [0.25, 0.3) is 0 Å². The van der Waals surface area contributed by atoms with E-state index in [-0.39, 0.29) is 12.4 Å². The van der Waals surface area contributed by atoms with Gasteiger partial charge in [-0.1, -0.05) is 25.7 Å². The van der Waals surface area contributed by atoms with Gasteiger partial charge in [-0.05, 0) is 37.1 Å². The third-order valence-corrected chi connectivity index (χ3v) is 7.29. The zero-order valence-corrected chi connectivity index (χ0v) is 18.2. The second-order valence-corrected chi connectivity index (χ2v) is 14.7. The first-order chi connectivity index (χ1) is 10.6. The zero-order valence-electron chi connectivity index (χ0n) is 16.4. The number of hydrogen-bond donors (Lipinski definition) is 1. The third kappa shape index (κ3) is 5.68. The van der Waals surface area contributed by atoms with E-state index in [1.165, 1.54) is 49.8 Å². The van der Waals surface area contributed by atoms with E-state index >= 15 is 0 Å². The summed E-state index contributed by atoms with van der Waals surface area (Å²) in [7, 11) is 3.94. The van der Waals surface area contributed by atoms with E-state index in [0.29, 0.717) is 0 Å². The molecule has 0 spiro atoms. The summed E-state index contributed by atoms with van der Waals surface area (Å²) in [5.74, 6) is 0. The molecule has 1 aromatic carbocycles. The van der Waals surface area contributed by atoms with Gasteiger partial charge in [-0.2, -0.15) is 0 Å². The van der Waals surface area contributed by atoms with E-state index in [2.05, 4.69) is 57.7 Å². The van der Waals surface area contributed by atoms with Gasteiger partial charge in [0.2, 0.25) is 0 Å². The van der Waals surface area contributed by atoms with Gasteiger partial charge in [-0.25, -0.2) is 0 Å². The summed E-state index contributed by atoms with van der Waals surface area (Å²) in [6, 6.07) is 8.65. The Morgan fingerprint density at radius 3 is 2.50 bits per heavy atom. The highest BCUT2D eigenvalue weighted by molar-refractivity contribution is 6.76. The minimum Gasteiger partial charge on any atom is -1.00 e. The smallest absolute Gasteiger partial charge is 0.108 e. The van der Waals surface area contributed by atoms with Crippen LogP contribution in [0.15, 0.2) is 18.2 Å². The van der Waals surface area contributed by atoms with Gasteiger partial charge in [-0.3, -0.25) is 0 Å². The van der Waals surface area contributed by atoms with Gasteiger partial charge in [-0.15, -0.1) is 0 Å². The summed E-state index contributed by atoms with van der Waals surface area (Å²) in [5, 5.41) is 0. The second kappa shape index (κ2) is 8.11. The maximum Gasteiger partial charge on any atom is 0.108 e. The molecule has 1 heterocycles. The molecule has 1 atom stereocenters. The van der Waals surface area contributed by atoms with Crippen LogP contribution in [0.1, 0.15) is 18.4 Å². The predicted octanol–water partition coefficient (Wildman–Crippen LogP) is 0.965. The molecule has 2 rings (SSSR count). The fraction of sp³-hybridized carbons (Fsp3) is 0.684. The lowest BCUT2D eigenvalue weighted by atomic mass is 10.1. The largest absolute Gasteiger partial charge is 1.00 e. The van der Waals surface area contributed by atoms with Crippen molar-refractivity contribution < 1.29 is 16.9 Å². The lowest BCUT2D eigenvalue weighted by Gasteiger charge is -2.37. The molecule has 5 heteroatoms. The Hall–Kier alpha value is -0.713. The number of nitrogens with zero attached hydrogens (tertiary/aromatic N) is 2. The molecule has 1 aliphatic heterocycles. The Balaban J connectivity index is 0.00000288. The molecule has 1 unspecified atom stereocenters. The molecule has 0 aliphatic carbocycles. The summed E-state index contributed by atoms with van der Waals surface area (Å²) in [5.41, 5.74) is 9.38. The molecule has 1 aromatic rings. The number of quaternary nitrogens is 1. The number of benzene rings is 1. The van der Waals surface area contributed by atoms with Crippen LogP contribution in [-0.2, 0) is 0 Å². The van der Waals surface area contributed by atoms with Gasteiger partial charge in [0.15, 0.2) is 0 Å². The van der Waals surface area contributed by atoms with E-state index in [0.717, 1.165) is 16.2 Å². The molecule has 0 saturated carbocycles. The summed E-state index contributed by atoms with van der Waals surface area (Å²) < 4.78 is 1.16. The molecule has 0 aromatic heterocycles. The first kappa shape index (κ1) is 21.3. The van der Waals surface area contributed by atoms with Crippen molar-refractivity contribution in [1.82, 2.24) is 0 Å². The van der Waals surface area contributed by atoms with Crippen LogP contribution in [-0.4, -0.2) is 52.3 Å². The van der Waals surface area contributed by atoms with E-state index in [1.807, 2.05) is 6.07 Å². The van der Waals surface area contributed by atoms with Gasteiger partial charge in [0, 0.05) is 32.4 Å². The number of halogens is 1. The number of likely N-dealkylation sites (N-methyl/N-ethyl adjacent to an activating group) is 1. The SMILES string of the molecule is Cc1cc(N2CCC([N+](C)(C)CCC[Si](C)(C)C)C2)ccc1N.[Cl-]. The van der Waals surface area contributed by atoms with Crippen molar-refractivity contribution in [2.24, 2.45) is 0 Å². The molecular formula is C19H36ClN3Si. The van der Waals surface area contributed by atoms with Crippen LogP contribution in [0.2, 0.25) is 25.7 Å². The van der Waals surface area contributed by atoms with Crippen LogP contribution >= 0.6 is 0 Å². The fourth-order valence-corrected chi connectivity index (χ4v) is 4.82. The first-order valence-electron chi connectivity index (χ1n) is 9.02. The van der Waals surface area contributed by atoms with Crippen molar-refractivity contribution in [2.75, 3.05) is 44.4 Å². The summed E-state index contributed by atoms with van der Waals surface area (Å²) in [6.45, 7) is 13.2. The Morgan fingerprint density at radius 1 is 1.25 bits per heavy atom. The topological polar surface area (TPSA) is 29.3 Å². The first-order valence-corrected chi connectivity index (χ1v) is 12.7. The molecule has 0 amide bonds. The molecule has 24 heavy (non-hydrogen) atoms. The maximum atomic E-state index is 5.96. The number of aryl methyl sites for hydroxylation is 1. The van der Waals surface area contributed by atoms with Crippen LogP contribution in [0.3, 0.4) is 0 Å². The van der Waals surface area contributed by atoms with Crippen LogP contribution in [0.4, 0.5) is 11.4 Å². The van der Waals surface area contributed by atoms with Crippen molar-refractivity contribution in [3.63, 3.8) is 0 Å². The second-order valence-electron chi connectivity index (χ2n) is 9.10. The highest BCUT2D eigenvalue weighted by Gasteiger charge is 2.35. The summed E-state index contributed by atoms with van der Waals surface area (Å²) >= 11 is 0. The molecule has 1 fully saturated rings. The van der Waals surface area contributed by atoms with Crippen molar-refractivity contribution in [3.8, 4) is 0 Å². The molecule has 138 valence electrons. The highest BCUT2D eigenvalue weighted by Crippen LogP contribution is 2.28. The lowest BCUT2D eigenvalue weighted by molar-refractivity contribution is -0.912. The van der Waals surface area contributed by atoms with Crippen LogP contribution in [0, 0.1) is 6.92 Å². The standard InChI is InChI=1S/C19H36N3Si.ClH/c1-16-14-17(8-9-19(16)20)21-11-10-18(15-21)22(2,3)12-7-13-23(4,5)6;/h8-9,14,18H,7,10-13,15,20H2,1-6H3;1H/q+1;/p-1. The molecule has 3 nitrogen and oxygen atoms in total. The van der Waals surface area contributed by atoms with Gasteiger partial charge < -0.3 is 27.5 Å². The zero-order chi connectivity index (χ0) is 17.3. The minimum absolute atomic E-state index is 0. The Labute approximate surface area is 156 Å². The van der Waals surface area contributed by atoms with Gasteiger partial charge in [0.05, 0.1) is 27.2 Å². The molecule has 1 saturated heterocycles. The number of nitrogen functional groups attached to an aromatic ring is 1. The molecule has 1 aliphatic rings. The average Bonchev–Trinajstić information content (AvgIpc) is 2.90. The highest BCUT2D eigenvalue weighted by atomic mass is 35.5. The van der Waals surface area contributed by atoms with Crippen molar-refractivity contribution in [2.45, 2.75) is 51.5 Å². The van der Waals surface area contributed by atoms with Crippen molar-refractivity contribution in [1.29, 1.82) is 0 Å². The Kier molecular flexibility index (Phi) is 7.21. The van der Waals surface area contributed by atoms with E-state index in [1.54, 1.807) is 0 Å². The average molecular weight is 370 g/mol. The van der Waals surface area contributed by atoms with Gasteiger partial charge in [0.1, 0.15) is 6.04 Å². The monoisotopic (exact) mass is 369 g/mol. The lowest BCUT2D eigenvalue weighted by Crippen LogP contribution is -3.00. The summed E-state index contributed by atoms with van der Waals surface area (Å²) in [6.07, 6.45) is 2.67. The quantitative estimate of drug-likeness (QED) is 0.460. The van der Waals surface area contributed by atoms with Crippen molar-refractivity contribution in [3.05, 3.63) is 23.8 Å². The Morgan fingerprint density at radius 2 is 1.92 bits per heavy atom. The number of nitrogens with two attached hydrogens (primary N) is 1. The van der Waals surface area contributed by atoms with Gasteiger partial charge >= 0.3 is 0 Å². The molecule has 0 bridgehead atoms. The minimum atomic E-state index is -0.907. The number of hydrogen-bond acceptors (Lipinski definition) is 2. The Bertz CT molecular complexity index is 540. The number of anilines is 2.